The fourth-order valence-electron chi connectivity index (χ4n) is 3.02. The van der Waals surface area contributed by atoms with Gasteiger partial charge in [-0.2, -0.15) is 4.98 Å². The van der Waals surface area contributed by atoms with Gasteiger partial charge in [-0.1, -0.05) is 0 Å². The fraction of sp³-hybridized carbons (Fsp3) is 0.294. The Morgan fingerprint density at radius 2 is 2.00 bits per heavy atom. The zero-order valence-electron chi connectivity index (χ0n) is 15.5. The molecular weight excluding hydrogens is 394 g/mol. The lowest BCUT2D eigenvalue weighted by atomic mass is 10.1. The van der Waals surface area contributed by atoms with Crippen LogP contribution in [0.25, 0.3) is 5.82 Å². The predicted molar refractivity (Wildman–Crippen MR) is 108 cm³/mol. The Morgan fingerprint density at radius 1 is 1.17 bits per heavy atom. The average molecular weight is 415 g/mol. The molecule has 1 aliphatic heterocycles. The number of nitrogens with two attached hydrogens (primary N) is 1. The number of sulfonamides is 1. The zero-order valence-corrected chi connectivity index (χ0v) is 16.3. The smallest absolute Gasteiger partial charge is 0.247 e. The van der Waals surface area contributed by atoms with E-state index in [-0.39, 0.29) is 4.90 Å². The third kappa shape index (κ3) is 4.85. The summed E-state index contributed by atoms with van der Waals surface area (Å²) in [4.78, 5) is 12.8. The molecule has 1 aromatic carbocycles. The lowest BCUT2D eigenvalue weighted by Crippen LogP contribution is -2.38. The molecule has 152 valence electrons. The summed E-state index contributed by atoms with van der Waals surface area (Å²) in [5.74, 6) is 1.65. The predicted octanol–water partition coefficient (Wildman–Crippen LogP) is 0.612. The van der Waals surface area contributed by atoms with Gasteiger partial charge < -0.3 is 16.0 Å². The molecule has 0 spiro atoms. The standard InChI is InChI=1S/C17H21N9O2S/c18-29(27,28)14-5-3-12(4-6-14)24-17-22-11-26(25-17)16-8-15(20-10-21-16)23-13-2-1-7-19-9-13/h3-6,8,10-11,13,19H,1-2,7,9H2,(H,24,25)(H2,18,27,28)(H,20,21,23)/t13-/m0/s1. The van der Waals surface area contributed by atoms with Gasteiger partial charge >= 0.3 is 0 Å². The Morgan fingerprint density at radius 3 is 2.72 bits per heavy atom. The van der Waals surface area contributed by atoms with Crippen LogP contribution in [-0.4, -0.2) is 52.3 Å². The SMILES string of the molecule is NS(=O)(=O)c1ccc(Nc2ncn(-c3cc(N[C@H]4CCCNC4)ncn3)n2)cc1. The van der Waals surface area contributed by atoms with E-state index in [1.165, 1.54) is 29.5 Å². The van der Waals surface area contributed by atoms with Crippen molar-refractivity contribution in [1.29, 1.82) is 0 Å². The summed E-state index contributed by atoms with van der Waals surface area (Å²) in [6.07, 6.45) is 5.24. The van der Waals surface area contributed by atoms with Gasteiger partial charge in [-0.25, -0.2) is 28.2 Å². The first-order valence-corrected chi connectivity index (χ1v) is 10.6. The molecule has 0 amide bonds. The molecule has 1 saturated heterocycles. The monoisotopic (exact) mass is 415 g/mol. The van der Waals surface area contributed by atoms with E-state index in [1.807, 2.05) is 6.07 Å². The van der Waals surface area contributed by atoms with Gasteiger partial charge in [0.05, 0.1) is 4.90 Å². The number of aromatic nitrogens is 5. The maximum absolute atomic E-state index is 11.3. The molecule has 29 heavy (non-hydrogen) atoms. The number of benzene rings is 1. The Hall–Kier alpha value is -3.09. The van der Waals surface area contributed by atoms with Crippen molar-refractivity contribution >= 4 is 27.5 Å². The molecule has 0 radical (unpaired) electrons. The van der Waals surface area contributed by atoms with E-state index in [0.29, 0.717) is 23.5 Å². The Balaban J connectivity index is 1.45. The van der Waals surface area contributed by atoms with Crippen LogP contribution in [0.5, 0.6) is 0 Å². The largest absolute Gasteiger partial charge is 0.366 e. The van der Waals surface area contributed by atoms with Gasteiger partial charge in [-0.3, -0.25) is 0 Å². The summed E-state index contributed by atoms with van der Waals surface area (Å²) in [6.45, 7) is 1.95. The van der Waals surface area contributed by atoms with Gasteiger partial charge in [-0.15, -0.1) is 5.10 Å². The number of nitrogens with one attached hydrogen (secondary N) is 3. The molecule has 0 saturated carbocycles. The van der Waals surface area contributed by atoms with Crippen LogP contribution >= 0.6 is 0 Å². The first kappa shape index (κ1) is 19.2. The van der Waals surface area contributed by atoms with Crippen LogP contribution in [0.2, 0.25) is 0 Å². The highest BCUT2D eigenvalue weighted by Crippen LogP contribution is 2.17. The number of primary sulfonamides is 1. The number of hydrogen-bond donors (Lipinski definition) is 4. The van der Waals surface area contributed by atoms with Gasteiger partial charge in [0.15, 0.2) is 5.82 Å². The maximum Gasteiger partial charge on any atom is 0.247 e. The van der Waals surface area contributed by atoms with E-state index in [4.69, 9.17) is 5.14 Å². The minimum atomic E-state index is -3.73. The van der Waals surface area contributed by atoms with Crippen molar-refractivity contribution in [3.05, 3.63) is 43.0 Å². The van der Waals surface area contributed by atoms with Gasteiger partial charge in [0, 0.05) is 24.3 Å². The molecule has 1 aliphatic rings. The quantitative estimate of drug-likeness (QED) is 0.453. The summed E-state index contributed by atoms with van der Waals surface area (Å²) in [7, 11) is -3.73. The van der Waals surface area contributed by atoms with Crippen LogP contribution in [-0.2, 0) is 10.0 Å². The first-order chi connectivity index (χ1) is 14.0. The van der Waals surface area contributed by atoms with E-state index in [2.05, 4.69) is 36.0 Å². The number of piperidine rings is 1. The molecular formula is C17H21N9O2S. The lowest BCUT2D eigenvalue weighted by molar-refractivity contribution is 0.479. The number of hydrogen-bond acceptors (Lipinski definition) is 9. The summed E-state index contributed by atoms with van der Waals surface area (Å²) < 4.78 is 24.2. The Labute approximate surface area is 167 Å². The van der Waals surface area contributed by atoms with E-state index in [0.717, 1.165) is 31.7 Å². The molecule has 1 fully saturated rings. The second-order valence-electron chi connectivity index (χ2n) is 6.66. The fourth-order valence-corrected chi connectivity index (χ4v) is 3.54. The molecule has 1 atom stereocenters. The minimum absolute atomic E-state index is 0.0377. The van der Waals surface area contributed by atoms with Crippen molar-refractivity contribution in [3.8, 4) is 5.82 Å². The molecule has 2 aromatic heterocycles. The molecule has 3 heterocycles. The van der Waals surface area contributed by atoms with Crippen molar-refractivity contribution in [3.63, 3.8) is 0 Å². The van der Waals surface area contributed by atoms with Crippen molar-refractivity contribution in [2.24, 2.45) is 5.14 Å². The van der Waals surface area contributed by atoms with E-state index >= 15 is 0 Å². The average Bonchev–Trinajstić information content (AvgIpc) is 3.17. The highest BCUT2D eigenvalue weighted by molar-refractivity contribution is 7.89. The minimum Gasteiger partial charge on any atom is -0.366 e. The summed E-state index contributed by atoms with van der Waals surface area (Å²) in [6, 6.07) is 8.15. The Kier molecular flexibility index (Phi) is 5.38. The van der Waals surface area contributed by atoms with E-state index < -0.39 is 10.0 Å². The number of anilines is 3. The van der Waals surface area contributed by atoms with Gasteiger partial charge in [0.1, 0.15) is 18.5 Å². The molecule has 0 unspecified atom stereocenters. The van der Waals surface area contributed by atoms with E-state index in [1.54, 1.807) is 12.1 Å². The van der Waals surface area contributed by atoms with Crippen LogP contribution in [0.4, 0.5) is 17.5 Å². The van der Waals surface area contributed by atoms with Crippen molar-refractivity contribution in [1.82, 2.24) is 30.0 Å². The number of nitrogens with zero attached hydrogens (tertiary/aromatic N) is 5. The number of rotatable bonds is 6. The normalized spacial score (nSPS) is 17.1. The highest BCUT2D eigenvalue weighted by Gasteiger charge is 2.14. The highest BCUT2D eigenvalue weighted by atomic mass is 32.2. The molecule has 5 N–H and O–H groups in total. The summed E-state index contributed by atoms with van der Waals surface area (Å²) in [5, 5.41) is 19.2. The van der Waals surface area contributed by atoms with Crippen molar-refractivity contribution in [2.75, 3.05) is 23.7 Å². The van der Waals surface area contributed by atoms with Gasteiger partial charge in [-0.05, 0) is 43.7 Å². The lowest BCUT2D eigenvalue weighted by Gasteiger charge is -2.24. The van der Waals surface area contributed by atoms with Gasteiger partial charge in [0.25, 0.3) is 0 Å². The van der Waals surface area contributed by atoms with Crippen molar-refractivity contribution < 1.29 is 8.42 Å². The maximum atomic E-state index is 11.3. The molecule has 11 nitrogen and oxygen atoms in total. The van der Waals surface area contributed by atoms with E-state index in [9.17, 15) is 8.42 Å². The third-order valence-corrected chi connectivity index (χ3v) is 5.40. The molecule has 0 bridgehead atoms. The van der Waals surface area contributed by atoms with Crippen LogP contribution < -0.4 is 21.1 Å². The molecule has 4 rings (SSSR count). The van der Waals surface area contributed by atoms with Crippen LogP contribution in [0.1, 0.15) is 12.8 Å². The molecule has 3 aromatic rings. The summed E-state index contributed by atoms with van der Waals surface area (Å²) >= 11 is 0. The first-order valence-electron chi connectivity index (χ1n) is 9.08. The zero-order chi connectivity index (χ0) is 20.3. The second kappa shape index (κ2) is 8.11. The van der Waals surface area contributed by atoms with Crippen LogP contribution in [0.3, 0.4) is 0 Å². The third-order valence-electron chi connectivity index (χ3n) is 4.47. The van der Waals surface area contributed by atoms with Crippen LogP contribution in [0.15, 0.2) is 47.9 Å². The van der Waals surface area contributed by atoms with Crippen LogP contribution in [0, 0.1) is 0 Å². The molecule has 12 heteroatoms. The Bertz CT molecular complexity index is 1080. The van der Waals surface area contributed by atoms with Crippen molar-refractivity contribution in [2.45, 2.75) is 23.8 Å². The second-order valence-corrected chi connectivity index (χ2v) is 8.22. The summed E-state index contributed by atoms with van der Waals surface area (Å²) in [5.41, 5.74) is 0.630. The topological polar surface area (TPSA) is 153 Å². The van der Waals surface area contributed by atoms with Gasteiger partial charge in [0.2, 0.25) is 16.0 Å². The molecule has 0 aliphatic carbocycles.